The normalized spacial score (nSPS) is 16.6. The van der Waals surface area contributed by atoms with Crippen LogP contribution in [0.25, 0.3) is 21.9 Å². The third kappa shape index (κ3) is 5.18. The molecule has 2 aliphatic carbocycles. The summed E-state index contributed by atoms with van der Waals surface area (Å²) < 4.78 is 5.99. The fourth-order valence-electron chi connectivity index (χ4n) is 5.28. The first-order chi connectivity index (χ1) is 18.5. The molecule has 3 aromatic heterocycles. The number of nitrogens with zero attached hydrogens (tertiary/aromatic N) is 4. The molecule has 0 aliphatic heterocycles. The van der Waals surface area contributed by atoms with Gasteiger partial charge in [-0.2, -0.15) is 0 Å². The predicted molar refractivity (Wildman–Crippen MR) is 144 cm³/mol. The second kappa shape index (κ2) is 9.95. The van der Waals surface area contributed by atoms with Crippen molar-refractivity contribution in [3.05, 3.63) is 58.6 Å². The van der Waals surface area contributed by atoms with Gasteiger partial charge >= 0.3 is 17.9 Å². The smallest absolute Gasteiger partial charge is 0.404 e. The molecule has 2 fully saturated rings. The summed E-state index contributed by atoms with van der Waals surface area (Å²) in [5, 5.41) is 33.8. The van der Waals surface area contributed by atoms with Gasteiger partial charge in [-0.15, -0.1) is 0 Å². The SMILES string of the molecule is CC1(c2cccc3ccc(Nc4cc5c(cn4)n(C(O)(O)O)c(=O)n5C4CCCC4)nc23)CC1.COC(N)=O. The van der Waals surface area contributed by atoms with Crippen molar-refractivity contribution < 1.29 is 24.9 Å². The summed E-state index contributed by atoms with van der Waals surface area (Å²) in [6.07, 6.45) is 3.22. The molecule has 12 heteroatoms. The van der Waals surface area contributed by atoms with Gasteiger partial charge < -0.3 is 31.1 Å². The van der Waals surface area contributed by atoms with E-state index in [1.165, 1.54) is 23.4 Å². The van der Waals surface area contributed by atoms with E-state index in [4.69, 9.17) is 4.98 Å². The number of hydrogen-bond donors (Lipinski definition) is 5. The van der Waals surface area contributed by atoms with Crippen molar-refractivity contribution in [3.8, 4) is 0 Å². The van der Waals surface area contributed by atoms with E-state index in [0.717, 1.165) is 49.4 Å². The van der Waals surface area contributed by atoms with Crippen LogP contribution in [0.3, 0.4) is 0 Å². The Labute approximate surface area is 223 Å². The molecular formula is C27H32N6O6. The lowest BCUT2D eigenvalue weighted by molar-refractivity contribution is -0.374. The Morgan fingerprint density at radius 2 is 1.82 bits per heavy atom. The Kier molecular flexibility index (Phi) is 6.79. The molecule has 4 aromatic rings. The van der Waals surface area contributed by atoms with Crippen LogP contribution in [-0.2, 0) is 16.2 Å². The number of nitrogens with one attached hydrogen (secondary N) is 1. The summed E-state index contributed by atoms with van der Waals surface area (Å²) in [6, 6.07) is 11.8. The number of primary amides is 1. The van der Waals surface area contributed by atoms with E-state index in [9.17, 15) is 24.9 Å². The fourth-order valence-corrected chi connectivity index (χ4v) is 5.28. The van der Waals surface area contributed by atoms with E-state index in [2.05, 4.69) is 45.9 Å². The number of imidazole rings is 1. The maximum atomic E-state index is 13.1. The van der Waals surface area contributed by atoms with Crippen LogP contribution in [0.4, 0.5) is 16.4 Å². The number of aliphatic hydroxyl groups is 3. The lowest BCUT2D eigenvalue weighted by Crippen LogP contribution is -2.41. The molecule has 0 atom stereocenters. The van der Waals surface area contributed by atoms with E-state index in [0.29, 0.717) is 21.7 Å². The molecule has 0 unspecified atom stereocenters. The Morgan fingerprint density at radius 3 is 2.44 bits per heavy atom. The Bertz CT molecular complexity index is 1590. The maximum absolute atomic E-state index is 13.1. The number of methoxy groups -OCH3 is 1. The predicted octanol–water partition coefficient (Wildman–Crippen LogP) is 2.91. The highest BCUT2D eigenvalue weighted by atomic mass is 16.7. The lowest BCUT2D eigenvalue weighted by Gasteiger charge is -2.15. The third-order valence-corrected chi connectivity index (χ3v) is 7.58. The molecule has 0 radical (unpaired) electrons. The number of anilines is 2. The molecule has 12 nitrogen and oxygen atoms in total. The standard InChI is InChI=1S/C25H27N5O4.C2H5NO2/c1-24(11-12-24)17-8-4-5-15-9-10-20(28-22(15)17)27-21-13-18-19(14-26-21)30(25(32,33)34)23(31)29(18)16-6-2-3-7-16;1-5-2(3)4/h4-5,8-10,13-14,16,32-34H,2-3,6-7,11-12H2,1H3,(H,26,27,28);1H3,(H2,3,4). The summed E-state index contributed by atoms with van der Waals surface area (Å²) in [4.78, 5) is 31.7. The molecule has 1 aromatic carbocycles. The number of amides is 1. The largest absolute Gasteiger partial charge is 0.453 e. The van der Waals surface area contributed by atoms with E-state index in [1.807, 2.05) is 12.1 Å². The number of benzene rings is 1. The van der Waals surface area contributed by atoms with E-state index in [1.54, 1.807) is 6.07 Å². The topological polar surface area (TPSA) is 178 Å². The minimum atomic E-state index is -3.31. The molecule has 3 heterocycles. The Balaban J connectivity index is 0.000000567. The summed E-state index contributed by atoms with van der Waals surface area (Å²) in [7, 11) is 1.22. The van der Waals surface area contributed by atoms with Crippen molar-refractivity contribution in [1.82, 2.24) is 19.1 Å². The third-order valence-electron chi connectivity index (χ3n) is 7.58. The van der Waals surface area contributed by atoms with Gasteiger partial charge in [-0.05, 0) is 48.8 Å². The van der Waals surface area contributed by atoms with Gasteiger partial charge in [0.1, 0.15) is 11.6 Å². The number of fused-ring (bicyclic) bond motifs is 2. The minimum Gasteiger partial charge on any atom is -0.453 e. The number of carbonyl (C=O) groups is 1. The van der Waals surface area contributed by atoms with Crippen molar-refractivity contribution in [3.63, 3.8) is 0 Å². The molecule has 39 heavy (non-hydrogen) atoms. The molecule has 2 aliphatic rings. The van der Waals surface area contributed by atoms with Crippen LogP contribution < -0.4 is 16.7 Å². The average molecular weight is 537 g/mol. The lowest BCUT2D eigenvalue weighted by atomic mass is 9.95. The van der Waals surface area contributed by atoms with E-state index >= 15 is 0 Å². The van der Waals surface area contributed by atoms with Gasteiger partial charge in [-0.1, -0.05) is 38.0 Å². The zero-order valence-electron chi connectivity index (χ0n) is 21.8. The fraction of sp³-hybridized carbons (Fsp3) is 0.407. The number of nitrogens with two attached hydrogens (primary N) is 1. The van der Waals surface area contributed by atoms with Gasteiger partial charge in [-0.3, -0.25) is 4.57 Å². The van der Waals surface area contributed by atoms with Gasteiger partial charge in [0.25, 0.3) is 0 Å². The minimum absolute atomic E-state index is 0.0745. The highest BCUT2D eigenvalue weighted by Crippen LogP contribution is 2.49. The van der Waals surface area contributed by atoms with Crippen molar-refractivity contribution in [2.45, 2.75) is 63.0 Å². The number of para-hydroxylation sites is 1. The zero-order chi connectivity index (χ0) is 27.9. The van der Waals surface area contributed by atoms with E-state index in [-0.39, 0.29) is 17.0 Å². The van der Waals surface area contributed by atoms with Crippen LogP contribution in [0.1, 0.15) is 57.1 Å². The molecule has 0 spiro atoms. The van der Waals surface area contributed by atoms with Gasteiger partial charge in [0.2, 0.25) is 0 Å². The quantitative estimate of drug-likeness (QED) is 0.240. The van der Waals surface area contributed by atoms with Crippen LogP contribution in [-0.4, -0.2) is 47.6 Å². The molecular weight excluding hydrogens is 504 g/mol. The van der Waals surface area contributed by atoms with Gasteiger partial charge in [0.15, 0.2) is 0 Å². The first-order valence-electron chi connectivity index (χ1n) is 12.8. The van der Waals surface area contributed by atoms with Crippen LogP contribution in [0.15, 0.2) is 47.4 Å². The molecule has 0 saturated heterocycles. The Hall–Kier alpha value is -4.00. The summed E-state index contributed by atoms with van der Waals surface area (Å²) in [5.41, 5.74) is 6.75. The molecule has 1 amide bonds. The summed E-state index contributed by atoms with van der Waals surface area (Å²) in [6.45, 7) is 2.26. The first kappa shape index (κ1) is 26.6. The second-order valence-corrected chi connectivity index (χ2v) is 10.4. The zero-order valence-corrected chi connectivity index (χ0v) is 21.8. The van der Waals surface area contributed by atoms with Gasteiger partial charge in [0, 0.05) is 17.5 Å². The van der Waals surface area contributed by atoms with Crippen molar-refractivity contribution in [2.75, 3.05) is 12.4 Å². The Morgan fingerprint density at radius 1 is 1.13 bits per heavy atom. The number of rotatable bonds is 5. The second-order valence-electron chi connectivity index (χ2n) is 10.4. The number of hydrogen-bond acceptors (Lipinski definition) is 9. The van der Waals surface area contributed by atoms with Crippen molar-refractivity contribution in [1.29, 1.82) is 0 Å². The molecule has 2 saturated carbocycles. The summed E-state index contributed by atoms with van der Waals surface area (Å²) >= 11 is 0. The van der Waals surface area contributed by atoms with E-state index < -0.39 is 17.9 Å². The van der Waals surface area contributed by atoms with Crippen LogP contribution in [0.2, 0.25) is 0 Å². The van der Waals surface area contributed by atoms with Gasteiger partial charge in [0.05, 0.1) is 29.9 Å². The first-order valence-corrected chi connectivity index (χ1v) is 12.8. The van der Waals surface area contributed by atoms with Crippen LogP contribution >= 0.6 is 0 Å². The monoisotopic (exact) mass is 536 g/mol. The van der Waals surface area contributed by atoms with Crippen LogP contribution in [0, 0.1) is 0 Å². The van der Waals surface area contributed by atoms with Crippen molar-refractivity contribution >= 4 is 39.7 Å². The highest BCUT2D eigenvalue weighted by Gasteiger charge is 2.40. The van der Waals surface area contributed by atoms with Crippen LogP contribution in [0.5, 0.6) is 0 Å². The average Bonchev–Trinajstić information content (AvgIpc) is 3.29. The molecule has 206 valence electrons. The number of aromatic nitrogens is 4. The maximum Gasteiger partial charge on any atom is 0.404 e. The number of pyridine rings is 2. The number of ether oxygens (including phenoxy) is 1. The van der Waals surface area contributed by atoms with Crippen molar-refractivity contribution in [2.24, 2.45) is 5.73 Å². The molecule has 0 bridgehead atoms. The molecule has 6 N–H and O–H groups in total. The van der Waals surface area contributed by atoms with Gasteiger partial charge in [-0.25, -0.2) is 24.1 Å². The molecule has 6 rings (SSSR count). The highest BCUT2D eigenvalue weighted by molar-refractivity contribution is 5.85. The number of carbonyl (C=O) groups excluding carboxylic acids is 1. The summed E-state index contributed by atoms with van der Waals surface area (Å²) in [5.74, 6) is 1.10.